The lowest BCUT2D eigenvalue weighted by Gasteiger charge is -2.40. The van der Waals surface area contributed by atoms with Gasteiger partial charge in [-0.05, 0) is 33.7 Å². The van der Waals surface area contributed by atoms with E-state index in [2.05, 4.69) is 4.90 Å². The van der Waals surface area contributed by atoms with Gasteiger partial charge in [0, 0.05) is 17.5 Å². The van der Waals surface area contributed by atoms with Crippen molar-refractivity contribution in [2.45, 2.75) is 57.9 Å². The first-order chi connectivity index (χ1) is 7.96. The van der Waals surface area contributed by atoms with E-state index in [0.29, 0.717) is 0 Å². The second kappa shape index (κ2) is 5.96. The first kappa shape index (κ1) is 14.7. The Bertz CT molecular complexity index is 243. The summed E-state index contributed by atoms with van der Waals surface area (Å²) in [5.41, 5.74) is -0.431. The van der Waals surface area contributed by atoms with Crippen molar-refractivity contribution in [3.63, 3.8) is 0 Å². The van der Waals surface area contributed by atoms with Crippen LogP contribution in [0.25, 0.3) is 0 Å². The number of hydrogen-bond acceptors (Lipinski definition) is 3. The van der Waals surface area contributed by atoms with Crippen LogP contribution in [0.5, 0.6) is 0 Å². The molecule has 1 fully saturated rings. The van der Waals surface area contributed by atoms with E-state index in [1.807, 2.05) is 20.9 Å². The van der Waals surface area contributed by atoms with Gasteiger partial charge in [0.1, 0.15) is 6.29 Å². The van der Waals surface area contributed by atoms with E-state index in [1.165, 1.54) is 19.1 Å². The van der Waals surface area contributed by atoms with Gasteiger partial charge in [-0.1, -0.05) is 25.7 Å². The number of aliphatic hydroxyl groups excluding tert-OH is 1. The Morgan fingerprint density at radius 2 is 1.76 bits per heavy atom. The summed E-state index contributed by atoms with van der Waals surface area (Å²) in [4.78, 5) is 13.6. The SMILES string of the molecule is CN(CC1(C=O)CCCCCC1)C(C)(C)CO. The number of likely N-dealkylation sites (N-methyl/N-ethyl adjacent to an activating group) is 1. The Balaban J connectivity index is 2.70. The van der Waals surface area contributed by atoms with Crippen molar-refractivity contribution in [1.82, 2.24) is 4.90 Å². The second-order valence-corrected chi connectivity index (χ2v) is 6.22. The largest absolute Gasteiger partial charge is 0.394 e. The summed E-state index contributed by atoms with van der Waals surface area (Å²) in [7, 11) is 2.01. The summed E-state index contributed by atoms with van der Waals surface area (Å²) >= 11 is 0. The van der Waals surface area contributed by atoms with Gasteiger partial charge in [0.15, 0.2) is 0 Å². The third-order valence-corrected chi connectivity index (χ3v) is 4.32. The van der Waals surface area contributed by atoms with Crippen LogP contribution in [-0.4, -0.2) is 42.0 Å². The number of aldehydes is 1. The Labute approximate surface area is 105 Å². The number of carbonyl (C=O) groups excluding carboxylic acids is 1. The standard InChI is InChI=1S/C14H27NO2/c1-13(2,11-16)15(3)10-14(12-17)8-6-4-5-7-9-14/h12,16H,4-11H2,1-3H3. The molecule has 1 saturated carbocycles. The normalized spacial score (nSPS) is 21.2. The molecule has 0 amide bonds. The van der Waals surface area contributed by atoms with Gasteiger partial charge in [-0.25, -0.2) is 0 Å². The second-order valence-electron chi connectivity index (χ2n) is 6.22. The lowest BCUT2D eigenvalue weighted by Crippen LogP contribution is -2.49. The predicted molar refractivity (Wildman–Crippen MR) is 70.0 cm³/mol. The first-order valence-corrected chi connectivity index (χ1v) is 6.74. The van der Waals surface area contributed by atoms with Crippen molar-refractivity contribution in [2.24, 2.45) is 5.41 Å². The summed E-state index contributed by atoms with van der Waals surface area (Å²) < 4.78 is 0. The van der Waals surface area contributed by atoms with Gasteiger partial charge in [-0.15, -0.1) is 0 Å². The molecule has 0 spiro atoms. The van der Waals surface area contributed by atoms with Gasteiger partial charge >= 0.3 is 0 Å². The van der Waals surface area contributed by atoms with E-state index in [-0.39, 0.29) is 17.6 Å². The highest BCUT2D eigenvalue weighted by Crippen LogP contribution is 2.35. The van der Waals surface area contributed by atoms with Crippen LogP contribution in [0.2, 0.25) is 0 Å². The summed E-state index contributed by atoms with van der Waals surface area (Å²) in [5.74, 6) is 0. The molecule has 0 aromatic rings. The fraction of sp³-hybridized carbons (Fsp3) is 0.929. The molecule has 17 heavy (non-hydrogen) atoms. The quantitative estimate of drug-likeness (QED) is 0.593. The van der Waals surface area contributed by atoms with Gasteiger partial charge in [0.05, 0.1) is 6.61 Å². The molecule has 0 unspecified atom stereocenters. The van der Waals surface area contributed by atoms with Gasteiger partial charge in [-0.3, -0.25) is 4.90 Å². The fourth-order valence-electron chi connectivity index (χ4n) is 2.55. The summed E-state index contributed by atoms with van der Waals surface area (Å²) in [6, 6.07) is 0. The van der Waals surface area contributed by atoms with Crippen LogP contribution in [0.15, 0.2) is 0 Å². The molecule has 3 heteroatoms. The van der Waals surface area contributed by atoms with E-state index in [4.69, 9.17) is 0 Å². The monoisotopic (exact) mass is 241 g/mol. The molecule has 0 heterocycles. The Kier molecular flexibility index (Phi) is 5.14. The third kappa shape index (κ3) is 3.78. The Morgan fingerprint density at radius 1 is 1.24 bits per heavy atom. The van der Waals surface area contributed by atoms with Crippen molar-refractivity contribution in [1.29, 1.82) is 0 Å². The smallest absolute Gasteiger partial charge is 0.127 e. The zero-order valence-corrected chi connectivity index (χ0v) is 11.5. The van der Waals surface area contributed by atoms with Gasteiger partial charge in [-0.2, -0.15) is 0 Å². The van der Waals surface area contributed by atoms with E-state index in [9.17, 15) is 9.90 Å². The lowest BCUT2D eigenvalue weighted by atomic mass is 9.80. The minimum absolute atomic E-state index is 0.123. The summed E-state index contributed by atoms with van der Waals surface area (Å²) in [5, 5.41) is 9.38. The molecule has 0 atom stereocenters. The van der Waals surface area contributed by atoms with E-state index in [1.54, 1.807) is 0 Å². The molecule has 1 aliphatic carbocycles. The number of carbonyl (C=O) groups is 1. The highest BCUT2D eigenvalue weighted by molar-refractivity contribution is 5.59. The molecule has 3 nitrogen and oxygen atoms in total. The molecule has 0 radical (unpaired) electrons. The number of hydrogen-bond donors (Lipinski definition) is 1. The van der Waals surface area contributed by atoms with Crippen molar-refractivity contribution < 1.29 is 9.90 Å². The maximum atomic E-state index is 11.5. The first-order valence-electron chi connectivity index (χ1n) is 6.74. The Morgan fingerprint density at radius 3 is 2.18 bits per heavy atom. The molecule has 0 aromatic carbocycles. The highest BCUT2D eigenvalue weighted by atomic mass is 16.3. The van der Waals surface area contributed by atoms with Crippen LogP contribution in [0, 0.1) is 5.41 Å². The number of aliphatic hydroxyl groups is 1. The predicted octanol–water partition coefficient (Wildman–Crippen LogP) is 2.23. The molecule has 1 N–H and O–H groups in total. The van der Waals surface area contributed by atoms with Crippen LogP contribution in [0.4, 0.5) is 0 Å². The maximum absolute atomic E-state index is 11.5. The molecule has 0 aliphatic heterocycles. The lowest BCUT2D eigenvalue weighted by molar-refractivity contribution is -0.119. The van der Waals surface area contributed by atoms with Crippen LogP contribution >= 0.6 is 0 Å². The van der Waals surface area contributed by atoms with Gasteiger partial charge in [0.2, 0.25) is 0 Å². The minimum atomic E-state index is -0.248. The summed E-state index contributed by atoms with van der Waals surface area (Å²) in [6.07, 6.45) is 8.00. The molecule has 1 rings (SSSR count). The molecule has 100 valence electrons. The van der Waals surface area contributed by atoms with Gasteiger partial charge in [0.25, 0.3) is 0 Å². The van der Waals surface area contributed by atoms with Crippen LogP contribution in [0.3, 0.4) is 0 Å². The van der Waals surface area contributed by atoms with Crippen LogP contribution < -0.4 is 0 Å². The highest BCUT2D eigenvalue weighted by Gasteiger charge is 2.35. The van der Waals surface area contributed by atoms with Crippen LogP contribution in [-0.2, 0) is 4.79 Å². The fourth-order valence-corrected chi connectivity index (χ4v) is 2.55. The molecule has 1 aliphatic rings. The molecular formula is C14H27NO2. The maximum Gasteiger partial charge on any atom is 0.127 e. The Hall–Kier alpha value is -0.410. The van der Waals surface area contributed by atoms with E-state index >= 15 is 0 Å². The van der Waals surface area contributed by atoms with E-state index in [0.717, 1.165) is 32.2 Å². The molecule has 0 saturated heterocycles. The summed E-state index contributed by atoms with van der Waals surface area (Å²) in [6.45, 7) is 4.92. The average molecular weight is 241 g/mol. The van der Waals surface area contributed by atoms with Crippen molar-refractivity contribution in [2.75, 3.05) is 20.2 Å². The third-order valence-electron chi connectivity index (χ3n) is 4.32. The van der Waals surface area contributed by atoms with E-state index < -0.39 is 0 Å². The number of nitrogens with zero attached hydrogens (tertiary/aromatic N) is 1. The molecule has 0 aromatic heterocycles. The molecule has 0 bridgehead atoms. The van der Waals surface area contributed by atoms with Crippen molar-refractivity contribution in [3.8, 4) is 0 Å². The van der Waals surface area contributed by atoms with Gasteiger partial charge < -0.3 is 9.90 Å². The minimum Gasteiger partial charge on any atom is -0.394 e. The topological polar surface area (TPSA) is 40.5 Å². The number of rotatable bonds is 5. The average Bonchev–Trinajstić information content (AvgIpc) is 2.55. The van der Waals surface area contributed by atoms with Crippen molar-refractivity contribution >= 4 is 6.29 Å². The zero-order chi connectivity index (χ0) is 12.9. The van der Waals surface area contributed by atoms with Crippen molar-refractivity contribution in [3.05, 3.63) is 0 Å². The molecular weight excluding hydrogens is 214 g/mol. The zero-order valence-electron chi connectivity index (χ0n) is 11.5. The van der Waals surface area contributed by atoms with Crippen LogP contribution in [0.1, 0.15) is 52.4 Å².